The lowest BCUT2D eigenvalue weighted by molar-refractivity contribution is 0.620. The topological polar surface area (TPSA) is 26.0 Å². The zero-order valence-corrected chi connectivity index (χ0v) is 10.7. The summed E-state index contributed by atoms with van der Waals surface area (Å²) >= 11 is 6.00. The van der Waals surface area contributed by atoms with Crippen molar-refractivity contribution in [2.75, 3.05) is 6.54 Å². The van der Waals surface area contributed by atoms with Crippen molar-refractivity contribution in [3.63, 3.8) is 0 Å². The van der Waals surface area contributed by atoms with E-state index >= 15 is 0 Å². The maximum absolute atomic E-state index is 13.3. The molecule has 1 atom stereocenters. The molecular weight excluding hydrogens is 249 g/mol. The van der Waals surface area contributed by atoms with Gasteiger partial charge in [0, 0.05) is 10.9 Å². The molecule has 2 rings (SSSR count). The van der Waals surface area contributed by atoms with E-state index in [9.17, 15) is 4.39 Å². The Morgan fingerprint density at radius 3 is 2.33 bits per heavy atom. The molecule has 0 saturated heterocycles. The van der Waals surface area contributed by atoms with Crippen molar-refractivity contribution in [3.8, 4) is 0 Å². The molecule has 1 nitrogen and oxygen atoms in total. The SMILES string of the molecule is NCCC(c1cccc(F)c1)c1cccc(Cl)c1. The highest BCUT2D eigenvalue weighted by Crippen LogP contribution is 2.29. The molecule has 0 fully saturated rings. The summed E-state index contributed by atoms with van der Waals surface area (Å²) < 4.78 is 13.3. The minimum atomic E-state index is -0.225. The molecule has 2 aromatic carbocycles. The van der Waals surface area contributed by atoms with E-state index in [-0.39, 0.29) is 11.7 Å². The van der Waals surface area contributed by atoms with Crippen molar-refractivity contribution in [2.24, 2.45) is 5.73 Å². The first-order valence-electron chi connectivity index (χ1n) is 5.91. The summed E-state index contributed by atoms with van der Waals surface area (Å²) in [6, 6.07) is 14.3. The standard InChI is InChI=1S/C15H15ClFN/c16-13-5-1-3-11(9-13)15(7-8-18)12-4-2-6-14(17)10-12/h1-6,9-10,15H,7-8,18H2. The quantitative estimate of drug-likeness (QED) is 0.888. The number of nitrogens with two attached hydrogens (primary N) is 1. The molecule has 0 aromatic heterocycles. The molecule has 0 aliphatic heterocycles. The summed E-state index contributed by atoms with van der Waals surface area (Å²) in [5, 5.41) is 0.686. The lowest BCUT2D eigenvalue weighted by Crippen LogP contribution is -2.09. The molecule has 0 saturated carbocycles. The number of benzene rings is 2. The van der Waals surface area contributed by atoms with Crippen LogP contribution in [0.1, 0.15) is 23.5 Å². The third-order valence-corrected chi connectivity index (χ3v) is 3.19. The molecule has 1 unspecified atom stereocenters. The summed E-state index contributed by atoms with van der Waals surface area (Å²) in [4.78, 5) is 0. The first-order valence-corrected chi connectivity index (χ1v) is 6.29. The Balaban J connectivity index is 2.39. The molecule has 2 aromatic rings. The van der Waals surface area contributed by atoms with Gasteiger partial charge in [-0.1, -0.05) is 35.9 Å². The Hall–Kier alpha value is -1.38. The molecule has 3 heteroatoms. The maximum Gasteiger partial charge on any atom is 0.123 e. The van der Waals surface area contributed by atoms with Crippen LogP contribution in [0.4, 0.5) is 4.39 Å². The largest absolute Gasteiger partial charge is 0.330 e. The zero-order valence-electron chi connectivity index (χ0n) is 9.94. The minimum absolute atomic E-state index is 0.0874. The molecule has 0 bridgehead atoms. The van der Waals surface area contributed by atoms with Crippen LogP contribution in [-0.4, -0.2) is 6.54 Å². The van der Waals surface area contributed by atoms with Gasteiger partial charge in [-0.15, -0.1) is 0 Å². The zero-order chi connectivity index (χ0) is 13.0. The molecule has 18 heavy (non-hydrogen) atoms. The van der Waals surface area contributed by atoms with Crippen LogP contribution in [0, 0.1) is 5.82 Å². The van der Waals surface area contributed by atoms with E-state index in [4.69, 9.17) is 17.3 Å². The molecule has 0 radical (unpaired) electrons. The van der Waals surface area contributed by atoms with Crippen molar-refractivity contribution in [1.82, 2.24) is 0 Å². The van der Waals surface area contributed by atoms with E-state index in [1.54, 1.807) is 12.1 Å². The smallest absolute Gasteiger partial charge is 0.123 e. The van der Waals surface area contributed by atoms with Crippen LogP contribution in [0.25, 0.3) is 0 Å². The number of rotatable bonds is 4. The van der Waals surface area contributed by atoms with Crippen LogP contribution in [0.2, 0.25) is 5.02 Å². The Morgan fingerprint density at radius 2 is 1.72 bits per heavy atom. The summed E-state index contributed by atoms with van der Waals surface area (Å²) in [6.07, 6.45) is 0.768. The monoisotopic (exact) mass is 263 g/mol. The summed E-state index contributed by atoms with van der Waals surface area (Å²) in [5.41, 5.74) is 7.65. The van der Waals surface area contributed by atoms with Crippen LogP contribution in [0.3, 0.4) is 0 Å². The van der Waals surface area contributed by atoms with Gasteiger partial charge < -0.3 is 5.73 Å². The van der Waals surface area contributed by atoms with Gasteiger partial charge in [0.05, 0.1) is 0 Å². The van der Waals surface area contributed by atoms with E-state index in [0.717, 1.165) is 17.5 Å². The average Bonchev–Trinajstić information content (AvgIpc) is 2.36. The first-order chi connectivity index (χ1) is 8.70. The molecule has 0 aliphatic carbocycles. The molecule has 0 spiro atoms. The van der Waals surface area contributed by atoms with Crippen LogP contribution >= 0.6 is 11.6 Å². The summed E-state index contributed by atoms with van der Waals surface area (Å²) in [6.45, 7) is 0.549. The van der Waals surface area contributed by atoms with Crippen LogP contribution in [0.5, 0.6) is 0 Å². The van der Waals surface area contributed by atoms with Crippen molar-refractivity contribution in [2.45, 2.75) is 12.3 Å². The van der Waals surface area contributed by atoms with Gasteiger partial charge in [0.1, 0.15) is 5.82 Å². The molecule has 94 valence electrons. The van der Waals surface area contributed by atoms with Crippen LogP contribution in [0.15, 0.2) is 48.5 Å². The molecule has 2 N–H and O–H groups in total. The van der Waals surface area contributed by atoms with Gasteiger partial charge in [0.2, 0.25) is 0 Å². The molecule has 0 heterocycles. The fraction of sp³-hybridized carbons (Fsp3) is 0.200. The van der Waals surface area contributed by atoms with Gasteiger partial charge in [-0.2, -0.15) is 0 Å². The Morgan fingerprint density at radius 1 is 1.06 bits per heavy atom. The van der Waals surface area contributed by atoms with E-state index in [2.05, 4.69) is 0 Å². The van der Waals surface area contributed by atoms with E-state index in [1.165, 1.54) is 6.07 Å². The van der Waals surface area contributed by atoms with Crippen molar-refractivity contribution < 1.29 is 4.39 Å². The van der Waals surface area contributed by atoms with Gasteiger partial charge in [-0.05, 0) is 48.4 Å². The molecule has 0 aliphatic rings. The highest BCUT2D eigenvalue weighted by molar-refractivity contribution is 6.30. The Kier molecular flexibility index (Phi) is 4.34. The normalized spacial score (nSPS) is 12.4. The van der Waals surface area contributed by atoms with Gasteiger partial charge in [-0.3, -0.25) is 0 Å². The van der Waals surface area contributed by atoms with Gasteiger partial charge in [-0.25, -0.2) is 4.39 Å². The van der Waals surface area contributed by atoms with E-state index < -0.39 is 0 Å². The Bertz CT molecular complexity index is 482. The highest BCUT2D eigenvalue weighted by Gasteiger charge is 2.14. The third-order valence-electron chi connectivity index (χ3n) is 2.96. The first kappa shape index (κ1) is 13.1. The van der Waals surface area contributed by atoms with Gasteiger partial charge in [0.15, 0.2) is 0 Å². The second-order valence-corrected chi connectivity index (χ2v) is 4.68. The van der Waals surface area contributed by atoms with Crippen LogP contribution < -0.4 is 5.73 Å². The molecular formula is C15H15ClFN. The van der Waals surface area contributed by atoms with Crippen molar-refractivity contribution in [1.29, 1.82) is 0 Å². The second kappa shape index (κ2) is 5.98. The van der Waals surface area contributed by atoms with Crippen LogP contribution in [-0.2, 0) is 0 Å². The van der Waals surface area contributed by atoms with E-state index in [1.807, 2.05) is 30.3 Å². The predicted molar refractivity (Wildman–Crippen MR) is 73.4 cm³/mol. The maximum atomic E-state index is 13.3. The number of hydrogen-bond acceptors (Lipinski definition) is 1. The second-order valence-electron chi connectivity index (χ2n) is 4.24. The van der Waals surface area contributed by atoms with Crippen molar-refractivity contribution >= 4 is 11.6 Å². The minimum Gasteiger partial charge on any atom is -0.330 e. The number of halogens is 2. The van der Waals surface area contributed by atoms with E-state index in [0.29, 0.717) is 11.6 Å². The predicted octanol–water partition coefficient (Wildman–Crippen LogP) is 3.96. The Labute approximate surface area is 111 Å². The fourth-order valence-electron chi connectivity index (χ4n) is 2.14. The number of hydrogen-bond donors (Lipinski definition) is 1. The summed E-state index contributed by atoms with van der Waals surface area (Å²) in [7, 11) is 0. The fourth-order valence-corrected chi connectivity index (χ4v) is 2.34. The summed E-state index contributed by atoms with van der Waals surface area (Å²) in [5.74, 6) is -0.138. The van der Waals surface area contributed by atoms with Gasteiger partial charge in [0.25, 0.3) is 0 Å². The lowest BCUT2D eigenvalue weighted by atomic mass is 9.88. The van der Waals surface area contributed by atoms with Crippen molar-refractivity contribution in [3.05, 3.63) is 70.5 Å². The highest BCUT2D eigenvalue weighted by atomic mass is 35.5. The average molecular weight is 264 g/mol. The lowest BCUT2D eigenvalue weighted by Gasteiger charge is -2.17. The van der Waals surface area contributed by atoms with Gasteiger partial charge >= 0.3 is 0 Å². The third kappa shape index (κ3) is 3.09. The molecule has 0 amide bonds.